The number of likely N-dealkylation sites (tertiary alicyclic amines) is 1. The quantitative estimate of drug-likeness (QED) is 0.505. The van der Waals surface area contributed by atoms with E-state index in [2.05, 4.69) is 22.2 Å². The molecule has 7 nitrogen and oxygen atoms in total. The van der Waals surface area contributed by atoms with Gasteiger partial charge in [0.15, 0.2) is 17.2 Å². The van der Waals surface area contributed by atoms with Gasteiger partial charge >= 0.3 is 0 Å². The highest BCUT2D eigenvalue weighted by Gasteiger charge is 2.26. The molecule has 0 bridgehead atoms. The molecule has 0 saturated carbocycles. The van der Waals surface area contributed by atoms with E-state index in [-0.39, 0.29) is 0 Å². The number of thioether (sulfide) groups is 1. The zero-order valence-electron chi connectivity index (χ0n) is 15.8. The Bertz CT molecular complexity index is 980. The number of fused-ring (bicyclic) bond motifs is 2. The SMILES string of the molecule is CSc1nc(-c2noc3c2CCCC3)nc2c1cnn2CC1CCCN1C. The smallest absolute Gasteiger partial charge is 0.185 e. The van der Waals surface area contributed by atoms with Crippen LogP contribution in [0.1, 0.15) is 37.0 Å². The van der Waals surface area contributed by atoms with Crippen molar-refractivity contribution >= 4 is 22.8 Å². The topological polar surface area (TPSA) is 72.9 Å². The van der Waals surface area contributed by atoms with Gasteiger partial charge in [0.2, 0.25) is 0 Å². The first kappa shape index (κ1) is 17.2. The minimum atomic E-state index is 0.518. The van der Waals surface area contributed by atoms with E-state index < -0.39 is 0 Å². The van der Waals surface area contributed by atoms with Crippen molar-refractivity contribution in [1.82, 2.24) is 29.8 Å². The van der Waals surface area contributed by atoms with Crippen molar-refractivity contribution in [3.05, 3.63) is 17.5 Å². The van der Waals surface area contributed by atoms with Crippen molar-refractivity contribution in [3.63, 3.8) is 0 Å². The fourth-order valence-electron chi connectivity index (χ4n) is 4.29. The maximum atomic E-state index is 5.59. The number of nitrogens with zero attached hydrogens (tertiary/aromatic N) is 6. The van der Waals surface area contributed by atoms with Crippen LogP contribution >= 0.6 is 11.8 Å². The number of likely N-dealkylation sites (N-methyl/N-ethyl adjacent to an activating group) is 1. The van der Waals surface area contributed by atoms with Crippen LogP contribution in [0.3, 0.4) is 0 Å². The van der Waals surface area contributed by atoms with Crippen LogP contribution < -0.4 is 0 Å². The highest BCUT2D eigenvalue weighted by atomic mass is 32.2. The molecule has 1 unspecified atom stereocenters. The van der Waals surface area contributed by atoms with Crippen LogP contribution in [0, 0.1) is 0 Å². The molecule has 0 aromatic carbocycles. The molecule has 1 atom stereocenters. The average Bonchev–Trinajstić information content (AvgIpc) is 3.40. The predicted octanol–water partition coefficient (Wildman–Crippen LogP) is 3.18. The van der Waals surface area contributed by atoms with Crippen LogP contribution in [0.5, 0.6) is 0 Å². The molecule has 1 aliphatic heterocycles. The molecular weight excluding hydrogens is 360 g/mol. The first-order chi connectivity index (χ1) is 13.2. The minimum absolute atomic E-state index is 0.518. The second-order valence-corrected chi connectivity index (χ2v) is 8.33. The van der Waals surface area contributed by atoms with Gasteiger partial charge in [-0.05, 0) is 52.0 Å². The number of aromatic nitrogens is 5. The molecule has 0 amide bonds. The molecule has 8 heteroatoms. The van der Waals surface area contributed by atoms with Gasteiger partial charge in [0.1, 0.15) is 10.8 Å². The van der Waals surface area contributed by atoms with Crippen LogP contribution in [0.2, 0.25) is 0 Å². The molecule has 4 heterocycles. The maximum absolute atomic E-state index is 5.59. The second kappa shape index (κ2) is 6.91. The van der Waals surface area contributed by atoms with Crippen molar-refractivity contribution < 1.29 is 4.52 Å². The number of aryl methyl sites for hydroxylation is 1. The molecule has 142 valence electrons. The molecule has 1 aliphatic carbocycles. The van der Waals surface area contributed by atoms with Gasteiger partial charge in [-0.25, -0.2) is 14.6 Å². The van der Waals surface area contributed by atoms with E-state index in [0.717, 1.165) is 53.4 Å². The summed E-state index contributed by atoms with van der Waals surface area (Å²) in [4.78, 5) is 12.1. The highest BCUT2D eigenvalue weighted by molar-refractivity contribution is 7.98. The predicted molar refractivity (Wildman–Crippen MR) is 105 cm³/mol. The van der Waals surface area contributed by atoms with Gasteiger partial charge in [-0.3, -0.25) is 0 Å². The van der Waals surface area contributed by atoms with Crippen molar-refractivity contribution in [1.29, 1.82) is 0 Å². The lowest BCUT2D eigenvalue weighted by atomic mass is 9.96. The lowest BCUT2D eigenvalue weighted by Crippen LogP contribution is -2.29. The summed E-state index contributed by atoms with van der Waals surface area (Å²) in [6.07, 6.45) is 10.7. The second-order valence-electron chi connectivity index (χ2n) is 7.54. The largest absolute Gasteiger partial charge is 0.360 e. The minimum Gasteiger partial charge on any atom is -0.360 e. The third-order valence-electron chi connectivity index (χ3n) is 5.87. The van der Waals surface area contributed by atoms with Crippen molar-refractivity contribution in [2.24, 2.45) is 0 Å². The van der Waals surface area contributed by atoms with Gasteiger partial charge < -0.3 is 9.42 Å². The number of rotatable bonds is 4. The lowest BCUT2D eigenvalue weighted by molar-refractivity contribution is 0.276. The Morgan fingerprint density at radius 3 is 2.93 bits per heavy atom. The molecule has 0 radical (unpaired) electrons. The Morgan fingerprint density at radius 2 is 2.11 bits per heavy atom. The molecule has 1 fully saturated rings. The Balaban J connectivity index is 1.59. The molecule has 0 spiro atoms. The summed E-state index contributed by atoms with van der Waals surface area (Å²) < 4.78 is 7.64. The van der Waals surface area contributed by atoms with Crippen LogP contribution in [0.25, 0.3) is 22.6 Å². The summed E-state index contributed by atoms with van der Waals surface area (Å²) >= 11 is 1.63. The average molecular weight is 385 g/mol. The molecule has 3 aromatic rings. The van der Waals surface area contributed by atoms with Crippen LogP contribution in [0.15, 0.2) is 15.7 Å². The normalized spacial score (nSPS) is 20.4. The summed E-state index contributed by atoms with van der Waals surface area (Å²) in [5.41, 5.74) is 2.90. The van der Waals surface area contributed by atoms with E-state index in [0.29, 0.717) is 11.9 Å². The van der Waals surface area contributed by atoms with Crippen molar-refractivity contribution in [2.75, 3.05) is 19.8 Å². The van der Waals surface area contributed by atoms with Gasteiger partial charge in [-0.1, -0.05) is 5.16 Å². The molecular formula is C19H24N6OS. The Morgan fingerprint density at radius 1 is 1.22 bits per heavy atom. The van der Waals surface area contributed by atoms with Gasteiger partial charge in [0, 0.05) is 18.0 Å². The van der Waals surface area contributed by atoms with E-state index in [1.165, 1.54) is 31.2 Å². The molecule has 2 aliphatic rings. The lowest BCUT2D eigenvalue weighted by Gasteiger charge is -2.19. The van der Waals surface area contributed by atoms with E-state index in [4.69, 9.17) is 14.5 Å². The van der Waals surface area contributed by atoms with Gasteiger partial charge in [0.25, 0.3) is 0 Å². The molecule has 1 saturated heterocycles. The summed E-state index contributed by atoms with van der Waals surface area (Å²) in [5.74, 6) is 1.67. The zero-order chi connectivity index (χ0) is 18.4. The molecule has 0 N–H and O–H groups in total. The molecule has 3 aromatic heterocycles. The first-order valence-electron chi connectivity index (χ1n) is 9.70. The van der Waals surface area contributed by atoms with Crippen LogP contribution in [-0.2, 0) is 19.4 Å². The third kappa shape index (κ3) is 2.95. The van der Waals surface area contributed by atoms with E-state index in [9.17, 15) is 0 Å². The highest BCUT2D eigenvalue weighted by Crippen LogP contribution is 2.32. The third-order valence-corrected chi connectivity index (χ3v) is 6.57. The van der Waals surface area contributed by atoms with E-state index in [1.807, 2.05) is 17.1 Å². The Kier molecular flexibility index (Phi) is 4.40. The summed E-state index contributed by atoms with van der Waals surface area (Å²) in [6, 6.07) is 0.518. The van der Waals surface area contributed by atoms with Gasteiger partial charge in [-0.15, -0.1) is 11.8 Å². The van der Waals surface area contributed by atoms with Crippen molar-refractivity contribution in [2.45, 2.75) is 56.1 Å². The molecule has 27 heavy (non-hydrogen) atoms. The summed E-state index contributed by atoms with van der Waals surface area (Å²) in [6.45, 7) is 2.02. The fourth-order valence-corrected chi connectivity index (χ4v) is 4.84. The van der Waals surface area contributed by atoms with E-state index >= 15 is 0 Å². The molecule has 5 rings (SSSR count). The van der Waals surface area contributed by atoms with E-state index in [1.54, 1.807) is 11.8 Å². The summed E-state index contributed by atoms with van der Waals surface area (Å²) in [5, 5.41) is 10.9. The maximum Gasteiger partial charge on any atom is 0.185 e. The van der Waals surface area contributed by atoms with Crippen molar-refractivity contribution in [3.8, 4) is 11.5 Å². The van der Waals surface area contributed by atoms with Gasteiger partial charge in [-0.2, -0.15) is 5.10 Å². The first-order valence-corrected chi connectivity index (χ1v) is 10.9. The zero-order valence-corrected chi connectivity index (χ0v) is 16.6. The fraction of sp³-hybridized carbons (Fsp3) is 0.579. The standard InChI is InChI=1S/C19H24N6OS/c1-24-9-5-6-12(24)11-25-18-14(10-20-25)19(27-2)22-17(21-18)16-13-7-3-4-8-15(13)26-23-16/h10,12H,3-9,11H2,1-2H3. The Hall–Kier alpha value is -1.93. The monoisotopic (exact) mass is 384 g/mol. The van der Waals surface area contributed by atoms with Crippen LogP contribution in [-0.4, -0.2) is 55.7 Å². The Labute approximate surface area is 162 Å². The summed E-state index contributed by atoms with van der Waals surface area (Å²) in [7, 11) is 2.19. The number of hydrogen-bond donors (Lipinski definition) is 0. The number of hydrogen-bond acceptors (Lipinski definition) is 7. The van der Waals surface area contributed by atoms with Crippen LogP contribution in [0.4, 0.5) is 0 Å². The van der Waals surface area contributed by atoms with Gasteiger partial charge in [0.05, 0.1) is 18.1 Å².